The Morgan fingerprint density at radius 1 is 1.40 bits per heavy atom. The fraction of sp³-hybridized carbons (Fsp3) is 0.467. The molecule has 0 atom stereocenters. The molecule has 2 rings (SSSR count). The number of carbonyl (C=O) groups is 2. The van der Waals surface area contributed by atoms with Crippen LogP contribution in [0.3, 0.4) is 0 Å². The predicted octanol–water partition coefficient (Wildman–Crippen LogP) is 2.03. The summed E-state index contributed by atoms with van der Waals surface area (Å²) in [5.41, 5.74) is 1.88. The molecule has 3 N–H and O–H groups in total. The number of carboxylic acids is 1. The molecule has 1 aliphatic rings. The number of carboxylic acid groups (broad SMARTS) is 1. The zero-order chi connectivity index (χ0) is 14.8. The van der Waals surface area contributed by atoms with Crippen molar-refractivity contribution in [2.24, 2.45) is 0 Å². The van der Waals surface area contributed by atoms with Crippen molar-refractivity contribution in [3.05, 3.63) is 29.3 Å². The Morgan fingerprint density at radius 2 is 2.15 bits per heavy atom. The van der Waals surface area contributed by atoms with Gasteiger partial charge in [-0.3, -0.25) is 9.59 Å². The van der Waals surface area contributed by atoms with Crippen LogP contribution in [0.1, 0.15) is 42.6 Å². The Labute approximate surface area is 118 Å². The molecule has 1 heterocycles. The summed E-state index contributed by atoms with van der Waals surface area (Å²) in [5.74, 6) is -1.14. The topological polar surface area (TPSA) is 78.4 Å². The second kappa shape index (κ2) is 5.53. The lowest BCUT2D eigenvalue weighted by Gasteiger charge is -2.26. The average Bonchev–Trinajstić information content (AvgIpc) is 2.35. The highest BCUT2D eigenvalue weighted by Gasteiger charge is 2.26. The van der Waals surface area contributed by atoms with Crippen LogP contribution in [0, 0.1) is 0 Å². The second-order valence-corrected chi connectivity index (χ2v) is 5.77. The molecule has 5 heteroatoms. The van der Waals surface area contributed by atoms with E-state index in [0.29, 0.717) is 5.56 Å². The molecule has 5 nitrogen and oxygen atoms in total. The third-order valence-corrected chi connectivity index (χ3v) is 3.38. The highest BCUT2D eigenvalue weighted by molar-refractivity contribution is 5.98. The molecule has 0 unspecified atom stereocenters. The molecular formula is C15H20N2O3. The van der Waals surface area contributed by atoms with Crippen molar-refractivity contribution in [1.82, 2.24) is 5.32 Å². The molecule has 0 spiro atoms. The number of anilines is 1. The molecule has 0 aromatic heterocycles. The first-order valence-corrected chi connectivity index (χ1v) is 6.79. The van der Waals surface area contributed by atoms with E-state index >= 15 is 0 Å². The maximum absolute atomic E-state index is 12.4. The fourth-order valence-corrected chi connectivity index (χ4v) is 2.52. The maximum atomic E-state index is 12.4. The van der Waals surface area contributed by atoms with E-state index < -0.39 is 11.5 Å². The van der Waals surface area contributed by atoms with E-state index in [1.54, 1.807) is 19.9 Å². The van der Waals surface area contributed by atoms with Crippen molar-refractivity contribution in [2.45, 2.75) is 38.6 Å². The molecule has 20 heavy (non-hydrogen) atoms. The van der Waals surface area contributed by atoms with Gasteiger partial charge in [0.05, 0.1) is 6.42 Å². The van der Waals surface area contributed by atoms with Crippen LogP contribution < -0.4 is 10.6 Å². The van der Waals surface area contributed by atoms with Crippen molar-refractivity contribution in [1.29, 1.82) is 0 Å². The molecule has 0 radical (unpaired) electrons. The van der Waals surface area contributed by atoms with Crippen molar-refractivity contribution in [2.75, 3.05) is 11.9 Å². The normalized spacial score (nSPS) is 14.1. The predicted molar refractivity (Wildman–Crippen MR) is 77.1 cm³/mol. The van der Waals surface area contributed by atoms with E-state index in [4.69, 9.17) is 5.11 Å². The van der Waals surface area contributed by atoms with Crippen molar-refractivity contribution >= 4 is 17.6 Å². The first kappa shape index (κ1) is 14.4. The van der Waals surface area contributed by atoms with Crippen LogP contribution in [0.25, 0.3) is 0 Å². The third kappa shape index (κ3) is 3.29. The Bertz CT molecular complexity index is 538. The van der Waals surface area contributed by atoms with Crippen LogP contribution in [0.15, 0.2) is 18.2 Å². The first-order chi connectivity index (χ1) is 9.39. The summed E-state index contributed by atoms with van der Waals surface area (Å²) in [7, 11) is 0. The number of carbonyl (C=O) groups excluding carboxylic acids is 1. The van der Waals surface area contributed by atoms with E-state index in [1.165, 1.54) is 0 Å². The zero-order valence-electron chi connectivity index (χ0n) is 11.8. The molecule has 1 aliphatic heterocycles. The van der Waals surface area contributed by atoms with Crippen LogP contribution >= 0.6 is 0 Å². The van der Waals surface area contributed by atoms with Crippen LogP contribution in [0.2, 0.25) is 0 Å². The van der Waals surface area contributed by atoms with Gasteiger partial charge < -0.3 is 15.7 Å². The number of hydrogen-bond donors (Lipinski definition) is 3. The SMILES string of the molecule is CC(C)(CC(=O)O)NC(=O)c1cccc2c1CCCN2. The summed E-state index contributed by atoms with van der Waals surface area (Å²) in [6, 6.07) is 5.60. The van der Waals surface area contributed by atoms with Gasteiger partial charge in [0.2, 0.25) is 0 Å². The summed E-state index contributed by atoms with van der Waals surface area (Å²) >= 11 is 0. The van der Waals surface area contributed by atoms with Gasteiger partial charge in [0.25, 0.3) is 5.91 Å². The van der Waals surface area contributed by atoms with Crippen molar-refractivity contribution in [3.63, 3.8) is 0 Å². The molecule has 0 saturated heterocycles. The van der Waals surface area contributed by atoms with Crippen LogP contribution in [-0.4, -0.2) is 29.1 Å². The number of benzene rings is 1. The van der Waals surface area contributed by atoms with Crippen LogP contribution in [0.5, 0.6) is 0 Å². The van der Waals surface area contributed by atoms with E-state index in [-0.39, 0.29) is 12.3 Å². The van der Waals surface area contributed by atoms with Crippen molar-refractivity contribution < 1.29 is 14.7 Å². The van der Waals surface area contributed by atoms with Crippen molar-refractivity contribution in [3.8, 4) is 0 Å². The standard InChI is InChI=1S/C15H20N2O3/c1-15(2,9-13(18)19)17-14(20)11-5-3-7-12-10(11)6-4-8-16-12/h3,5,7,16H,4,6,8-9H2,1-2H3,(H,17,20)(H,18,19). The number of hydrogen-bond acceptors (Lipinski definition) is 3. The fourth-order valence-electron chi connectivity index (χ4n) is 2.52. The highest BCUT2D eigenvalue weighted by atomic mass is 16.4. The van der Waals surface area contributed by atoms with Gasteiger partial charge in [0, 0.05) is 23.3 Å². The van der Waals surface area contributed by atoms with E-state index in [0.717, 1.165) is 30.6 Å². The number of amides is 1. The smallest absolute Gasteiger partial charge is 0.305 e. The average molecular weight is 276 g/mol. The quantitative estimate of drug-likeness (QED) is 0.786. The Morgan fingerprint density at radius 3 is 2.85 bits per heavy atom. The minimum Gasteiger partial charge on any atom is -0.481 e. The minimum atomic E-state index is -0.924. The van der Waals surface area contributed by atoms with E-state index in [2.05, 4.69) is 10.6 Å². The number of nitrogens with one attached hydrogen (secondary N) is 2. The van der Waals surface area contributed by atoms with E-state index in [1.807, 2.05) is 12.1 Å². The molecule has 1 amide bonds. The second-order valence-electron chi connectivity index (χ2n) is 5.77. The molecule has 0 aliphatic carbocycles. The molecule has 0 fully saturated rings. The molecular weight excluding hydrogens is 256 g/mol. The molecule has 108 valence electrons. The summed E-state index contributed by atoms with van der Waals surface area (Å²) in [6.45, 7) is 4.35. The number of rotatable bonds is 4. The van der Waals surface area contributed by atoms with Gasteiger partial charge >= 0.3 is 5.97 Å². The largest absolute Gasteiger partial charge is 0.481 e. The molecule has 0 bridgehead atoms. The Kier molecular flexibility index (Phi) is 3.97. The highest BCUT2D eigenvalue weighted by Crippen LogP contribution is 2.25. The Balaban J connectivity index is 2.20. The van der Waals surface area contributed by atoms with Gasteiger partial charge in [0.1, 0.15) is 0 Å². The first-order valence-electron chi connectivity index (χ1n) is 6.79. The third-order valence-electron chi connectivity index (χ3n) is 3.38. The van der Waals surface area contributed by atoms with E-state index in [9.17, 15) is 9.59 Å². The molecule has 1 aromatic rings. The van der Waals surface area contributed by atoms with Gasteiger partial charge in [-0.05, 0) is 44.4 Å². The van der Waals surface area contributed by atoms with Gasteiger partial charge in [-0.2, -0.15) is 0 Å². The summed E-state index contributed by atoms with van der Waals surface area (Å²) in [4.78, 5) is 23.2. The molecule has 1 aromatic carbocycles. The lowest BCUT2D eigenvalue weighted by atomic mass is 9.95. The summed E-state index contributed by atoms with van der Waals surface area (Å²) < 4.78 is 0. The summed E-state index contributed by atoms with van der Waals surface area (Å²) in [6.07, 6.45) is 1.76. The number of fused-ring (bicyclic) bond motifs is 1. The monoisotopic (exact) mass is 276 g/mol. The Hall–Kier alpha value is -2.04. The van der Waals surface area contributed by atoms with Gasteiger partial charge in [-0.25, -0.2) is 0 Å². The van der Waals surface area contributed by atoms with Gasteiger partial charge in [-0.1, -0.05) is 6.07 Å². The van der Waals surface area contributed by atoms with Gasteiger partial charge in [-0.15, -0.1) is 0 Å². The molecule has 0 saturated carbocycles. The van der Waals surface area contributed by atoms with Crippen LogP contribution in [0.4, 0.5) is 5.69 Å². The lowest BCUT2D eigenvalue weighted by Crippen LogP contribution is -2.45. The lowest BCUT2D eigenvalue weighted by molar-refractivity contribution is -0.138. The maximum Gasteiger partial charge on any atom is 0.305 e. The summed E-state index contributed by atoms with van der Waals surface area (Å²) in [5, 5.41) is 14.9. The van der Waals surface area contributed by atoms with Crippen LogP contribution in [-0.2, 0) is 11.2 Å². The number of aliphatic carboxylic acids is 1. The van der Waals surface area contributed by atoms with Gasteiger partial charge in [0.15, 0.2) is 0 Å². The zero-order valence-corrected chi connectivity index (χ0v) is 11.8. The minimum absolute atomic E-state index is 0.105.